The predicted molar refractivity (Wildman–Crippen MR) is 53.4 cm³/mol. The molecule has 0 aromatic rings. The fourth-order valence-electron chi connectivity index (χ4n) is 1.08. The van der Waals surface area contributed by atoms with Crippen LogP contribution in [0.5, 0.6) is 0 Å². The zero-order valence-corrected chi connectivity index (χ0v) is 8.89. The van der Waals surface area contributed by atoms with Crippen LogP contribution in [0.1, 0.15) is 33.6 Å². The molecule has 0 saturated heterocycles. The quantitative estimate of drug-likeness (QED) is 0.636. The fourth-order valence-corrected chi connectivity index (χ4v) is 1.08. The molecular formula is C10H23NO. The summed E-state index contributed by atoms with van der Waals surface area (Å²) in [4.78, 5) is 0. The maximum atomic E-state index is 5.02. The van der Waals surface area contributed by atoms with Crippen molar-refractivity contribution in [3.05, 3.63) is 0 Å². The number of hydrogen-bond donors (Lipinski definition) is 1. The van der Waals surface area contributed by atoms with E-state index in [1.807, 2.05) is 0 Å². The SMILES string of the molecule is COCCC(C)CCNC(C)C. The van der Waals surface area contributed by atoms with E-state index in [0.717, 1.165) is 19.1 Å². The Morgan fingerprint density at radius 1 is 1.17 bits per heavy atom. The molecule has 2 nitrogen and oxygen atoms in total. The Balaban J connectivity index is 3.13. The number of methoxy groups -OCH3 is 1. The first kappa shape index (κ1) is 11.9. The predicted octanol–water partition coefficient (Wildman–Crippen LogP) is 2.05. The molecule has 0 radical (unpaired) electrons. The lowest BCUT2D eigenvalue weighted by Crippen LogP contribution is -2.25. The largest absolute Gasteiger partial charge is 0.385 e. The van der Waals surface area contributed by atoms with E-state index in [0.29, 0.717) is 6.04 Å². The number of hydrogen-bond acceptors (Lipinski definition) is 2. The Morgan fingerprint density at radius 2 is 1.83 bits per heavy atom. The number of rotatable bonds is 7. The van der Waals surface area contributed by atoms with Gasteiger partial charge in [-0.05, 0) is 25.3 Å². The van der Waals surface area contributed by atoms with Crippen molar-refractivity contribution in [2.75, 3.05) is 20.3 Å². The summed E-state index contributed by atoms with van der Waals surface area (Å²) < 4.78 is 5.02. The van der Waals surface area contributed by atoms with Gasteiger partial charge in [-0.1, -0.05) is 20.8 Å². The Labute approximate surface area is 76.7 Å². The van der Waals surface area contributed by atoms with Crippen molar-refractivity contribution in [1.82, 2.24) is 5.32 Å². The van der Waals surface area contributed by atoms with Gasteiger partial charge in [0, 0.05) is 19.8 Å². The van der Waals surface area contributed by atoms with E-state index in [2.05, 4.69) is 26.1 Å². The van der Waals surface area contributed by atoms with Crippen molar-refractivity contribution in [1.29, 1.82) is 0 Å². The highest BCUT2D eigenvalue weighted by atomic mass is 16.5. The molecule has 0 heterocycles. The standard InChI is InChI=1S/C10H23NO/c1-9(2)11-7-5-10(3)6-8-12-4/h9-11H,5-8H2,1-4H3. The average Bonchev–Trinajstić information content (AvgIpc) is 2.00. The second-order valence-electron chi connectivity index (χ2n) is 3.78. The zero-order chi connectivity index (χ0) is 9.40. The van der Waals surface area contributed by atoms with Gasteiger partial charge in [0.2, 0.25) is 0 Å². The molecule has 74 valence electrons. The average molecular weight is 173 g/mol. The van der Waals surface area contributed by atoms with Crippen LogP contribution in [-0.2, 0) is 4.74 Å². The maximum absolute atomic E-state index is 5.02. The van der Waals surface area contributed by atoms with E-state index >= 15 is 0 Å². The molecule has 0 spiro atoms. The van der Waals surface area contributed by atoms with Crippen molar-refractivity contribution in [3.8, 4) is 0 Å². The molecule has 0 aromatic carbocycles. The number of ether oxygens (including phenoxy) is 1. The molecule has 0 fully saturated rings. The second-order valence-corrected chi connectivity index (χ2v) is 3.78. The highest BCUT2D eigenvalue weighted by Gasteiger charge is 2.01. The zero-order valence-electron chi connectivity index (χ0n) is 8.89. The van der Waals surface area contributed by atoms with Gasteiger partial charge in [-0.15, -0.1) is 0 Å². The molecular weight excluding hydrogens is 150 g/mol. The molecule has 12 heavy (non-hydrogen) atoms. The monoisotopic (exact) mass is 173 g/mol. The lowest BCUT2D eigenvalue weighted by Gasteiger charge is -2.12. The van der Waals surface area contributed by atoms with Crippen LogP contribution in [0, 0.1) is 5.92 Å². The minimum atomic E-state index is 0.611. The fraction of sp³-hybridized carbons (Fsp3) is 1.00. The molecule has 0 rings (SSSR count). The van der Waals surface area contributed by atoms with Crippen molar-refractivity contribution >= 4 is 0 Å². The normalized spacial score (nSPS) is 13.8. The first-order chi connectivity index (χ1) is 5.66. The van der Waals surface area contributed by atoms with Crippen LogP contribution < -0.4 is 5.32 Å². The minimum absolute atomic E-state index is 0.611. The molecule has 0 aliphatic carbocycles. The highest BCUT2D eigenvalue weighted by Crippen LogP contribution is 2.05. The topological polar surface area (TPSA) is 21.3 Å². The molecule has 0 aliphatic rings. The molecule has 0 aliphatic heterocycles. The highest BCUT2D eigenvalue weighted by molar-refractivity contribution is 4.57. The van der Waals surface area contributed by atoms with Crippen LogP contribution in [0.2, 0.25) is 0 Å². The van der Waals surface area contributed by atoms with Crippen LogP contribution >= 0.6 is 0 Å². The van der Waals surface area contributed by atoms with Crippen molar-refractivity contribution in [2.24, 2.45) is 5.92 Å². The third-order valence-corrected chi connectivity index (χ3v) is 2.00. The summed E-state index contributed by atoms with van der Waals surface area (Å²) in [5.41, 5.74) is 0. The summed E-state index contributed by atoms with van der Waals surface area (Å²) in [6.45, 7) is 8.66. The van der Waals surface area contributed by atoms with Gasteiger partial charge in [0.05, 0.1) is 0 Å². The van der Waals surface area contributed by atoms with Gasteiger partial charge in [-0.3, -0.25) is 0 Å². The molecule has 0 amide bonds. The van der Waals surface area contributed by atoms with E-state index < -0.39 is 0 Å². The minimum Gasteiger partial charge on any atom is -0.385 e. The Bertz CT molecular complexity index is 93.8. The van der Waals surface area contributed by atoms with Gasteiger partial charge in [-0.25, -0.2) is 0 Å². The lowest BCUT2D eigenvalue weighted by atomic mass is 10.0. The van der Waals surface area contributed by atoms with Crippen LogP contribution in [0.15, 0.2) is 0 Å². The maximum Gasteiger partial charge on any atom is 0.0464 e. The molecule has 1 atom stereocenters. The van der Waals surface area contributed by atoms with Gasteiger partial charge in [0.1, 0.15) is 0 Å². The molecule has 0 saturated carbocycles. The summed E-state index contributed by atoms with van der Waals surface area (Å²) in [5.74, 6) is 0.774. The van der Waals surface area contributed by atoms with Gasteiger partial charge in [0.25, 0.3) is 0 Å². The van der Waals surface area contributed by atoms with E-state index in [1.54, 1.807) is 7.11 Å². The Morgan fingerprint density at radius 3 is 2.33 bits per heavy atom. The van der Waals surface area contributed by atoms with Gasteiger partial charge in [0.15, 0.2) is 0 Å². The van der Waals surface area contributed by atoms with Crippen LogP contribution in [0.25, 0.3) is 0 Å². The van der Waals surface area contributed by atoms with Crippen molar-refractivity contribution < 1.29 is 4.74 Å². The van der Waals surface area contributed by atoms with E-state index in [9.17, 15) is 0 Å². The first-order valence-electron chi connectivity index (χ1n) is 4.89. The van der Waals surface area contributed by atoms with Gasteiger partial charge >= 0.3 is 0 Å². The molecule has 2 heteroatoms. The molecule has 0 bridgehead atoms. The Hall–Kier alpha value is -0.0800. The second kappa shape index (κ2) is 7.56. The van der Waals surface area contributed by atoms with Crippen LogP contribution in [0.4, 0.5) is 0 Å². The molecule has 1 N–H and O–H groups in total. The van der Waals surface area contributed by atoms with Crippen LogP contribution in [0.3, 0.4) is 0 Å². The summed E-state index contributed by atoms with van der Waals surface area (Å²) >= 11 is 0. The van der Waals surface area contributed by atoms with Crippen molar-refractivity contribution in [3.63, 3.8) is 0 Å². The van der Waals surface area contributed by atoms with Crippen molar-refractivity contribution in [2.45, 2.75) is 39.7 Å². The number of nitrogens with one attached hydrogen (secondary N) is 1. The van der Waals surface area contributed by atoms with E-state index in [-0.39, 0.29) is 0 Å². The third-order valence-electron chi connectivity index (χ3n) is 2.00. The van der Waals surface area contributed by atoms with Gasteiger partial charge < -0.3 is 10.1 Å². The molecule has 1 unspecified atom stereocenters. The van der Waals surface area contributed by atoms with Crippen LogP contribution in [-0.4, -0.2) is 26.3 Å². The lowest BCUT2D eigenvalue weighted by molar-refractivity contribution is 0.178. The third kappa shape index (κ3) is 8.02. The molecule has 0 aromatic heterocycles. The summed E-state index contributed by atoms with van der Waals surface area (Å²) in [6.07, 6.45) is 2.43. The first-order valence-corrected chi connectivity index (χ1v) is 4.89. The summed E-state index contributed by atoms with van der Waals surface area (Å²) in [7, 11) is 1.76. The summed E-state index contributed by atoms with van der Waals surface area (Å²) in [5, 5.41) is 3.41. The van der Waals surface area contributed by atoms with E-state index in [1.165, 1.54) is 12.8 Å². The van der Waals surface area contributed by atoms with E-state index in [4.69, 9.17) is 4.74 Å². The summed E-state index contributed by atoms with van der Waals surface area (Å²) in [6, 6.07) is 0.611. The smallest absolute Gasteiger partial charge is 0.0464 e. The van der Waals surface area contributed by atoms with Gasteiger partial charge in [-0.2, -0.15) is 0 Å². The Kier molecular flexibility index (Phi) is 7.51.